The maximum Gasteiger partial charge on any atom is 0.341 e. The van der Waals surface area contributed by atoms with Crippen molar-refractivity contribution < 1.29 is 9.84 Å². The van der Waals surface area contributed by atoms with Gasteiger partial charge in [0, 0.05) is 4.47 Å². The van der Waals surface area contributed by atoms with Crippen LogP contribution < -0.4 is 4.74 Å². The third-order valence-corrected chi connectivity index (χ3v) is 3.63. The van der Waals surface area contributed by atoms with Crippen LogP contribution in [-0.4, -0.2) is 19.9 Å². The second-order valence-corrected chi connectivity index (χ2v) is 5.17. The van der Waals surface area contributed by atoms with E-state index in [0.29, 0.717) is 5.75 Å². The Bertz CT molecular complexity index is 744. The van der Waals surface area contributed by atoms with Gasteiger partial charge in [-0.3, -0.25) is 0 Å². The molecule has 2 aromatic carbocycles. The average molecular weight is 346 g/mol. The van der Waals surface area contributed by atoms with Gasteiger partial charge in [0.05, 0.1) is 12.3 Å². The molecule has 0 fully saturated rings. The smallest absolute Gasteiger partial charge is 0.341 e. The zero-order chi connectivity index (χ0) is 14.7. The molecule has 0 amide bonds. The van der Waals surface area contributed by atoms with Crippen molar-refractivity contribution in [2.24, 2.45) is 0 Å². The first kappa shape index (κ1) is 13.8. The molecule has 0 atom stereocenters. The molecular formula is C15H12BrN3O2. The van der Waals surface area contributed by atoms with Crippen LogP contribution >= 0.6 is 15.9 Å². The molecule has 21 heavy (non-hydrogen) atoms. The van der Waals surface area contributed by atoms with E-state index in [9.17, 15) is 0 Å². The number of benzene rings is 2. The molecule has 0 bridgehead atoms. The lowest BCUT2D eigenvalue weighted by molar-refractivity contribution is 0.281. The Morgan fingerprint density at radius 1 is 1.14 bits per heavy atom. The Kier molecular flexibility index (Phi) is 3.98. The maximum atomic E-state index is 9.13. The summed E-state index contributed by atoms with van der Waals surface area (Å²) < 4.78 is 8.03. The number of aliphatic hydroxyl groups is 1. The van der Waals surface area contributed by atoms with Gasteiger partial charge in [-0.2, -0.15) is 4.98 Å². The van der Waals surface area contributed by atoms with Crippen LogP contribution in [-0.2, 0) is 6.61 Å². The van der Waals surface area contributed by atoms with Crippen molar-refractivity contribution in [2.75, 3.05) is 0 Å². The summed E-state index contributed by atoms with van der Waals surface area (Å²) in [6.07, 6.45) is 1.60. The van der Waals surface area contributed by atoms with Crippen LogP contribution in [0.2, 0.25) is 0 Å². The minimum Gasteiger partial charge on any atom is -0.423 e. The molecule has 0 saturated carbocycles. The summed E-state index contributed by atoms with van der Waals surface area (Å²) in [6, 6.07) is 15.3. The number of rotatable bonds is 4. The van der Waals surface area contributed by atoms with E-state index in [4.69, 9.17) is 9.84 Å². The van der Waals surface area contributed by atoms with Crippen LogP contribution in [0.15, 0.2) is 59.3 Å². The summed E-state index contributed by atoms with van der Waals surface area (Å²) in [6.45, 7) is -0.0260. The number of hydrogen-bond acceptors (Lipinski definition) is 4. The Balaban J connectivity index is 1.80. The Hall–Kier alpha value is -2.18. The van der Waals surface area contributed by atoms with E-state index in [1.165, 1.54) is 0 Å². The van der Waals surface area contributed by atoms with Crippen LogP contribution in [0, 0.1) is 0 Å². The molecule has 1 N–H and O–H groups in total. The van der Waals surface area contributed by atoms with E-state index in [1.807, 2.05) is 30.3 Å². The van der Waals surface area contributed by atoms with E-state index in [0.717, 1.165) is 15.7 Å². The van der Waals surface area contributed by atoms with E-state index >= 15 is 0 Å². The maximum absolute atomic E-state index is 9.13. The predicted octanol–water partition coefficient (Wildman–Crippen LogP) is 3.31. The number of para-hydroxylation sites is 1. The number of nitrogens with zero attached hydrogens (tertiary/aromatic N) is 3. The molecule has 1 heterocycles. The van der Waals surface area contributed by atoms with Crippen molar-refractivity contribution in [3.63, 3.8) is 0 Å². The van der Waals surface area contributed by atoms with Gasteiger partial charge >= 0.3 is 6.01 Å². The van der Waals surface area contributed by atoms with Crippen molar-refractivity contribution in [1.29, 1.82) is 0 Å². The Morgan fingerprint density at radius 2 is 1.95 bits per heavy atom. The number of hydrogen-bond donors (Lipinski definition) is 1. The van der Waals surface area contributed by atoms with Crippen LogP contribution in [0.25, 0.3) is 5.69 Å². The van der Waals surface area contributed by atoms with Crippen molar-refractivity contribution in [3.05, 3.63) is 64.9 Å². The van der Waals surface area contributed by atoms with E-state index < -0.39 is 0 Å². The topological polar surface area (TPSA) is 60.2 Å². The highest BCUT2D eigenvalue weighted by Gasteiger charge is 2.07. The van der Waals surface area contributed by atoms with Gasteiger partial charge in [-0.1, -0.05) is 40.2 Å². The highest BCUT2D eigenvalue weighted by atomic mass is 79.9. The highest BCUT2D eigenvalue weighted by Crippen LogP contribution is 2.25. The van der Waals surface area contributed by atoms with E-state index in [2.05, 4.69) is 26.0 Å². The predicted molar refractivity (Wildman–Crippen MR) is 81.5 cm³/mol. The molecular weight excluding hydrogens is 334 g/mol. The van der Waals surface area contributed by atoms with Crippen LogP contribution in [0.1, 0.15) is 5.56 Å². The molecule has 106 valence electrons. The molecule has 0 aliphatic rings. The standard InChI is InChI=1S/C15H12BrN3O2/c16-14-8-13(7-6-11(14)9-20)21-15-17-10-19(18-15)12-4-2-1-3-5-12/h1-8,10,20H,9H2. The largest absolute Gasteiger partial charge is 0.423 e. The SMILES string of the molecule is OCc1ccc(Oc2ncn(-c3ccccc3)n2)cc1Br. The van der Waals surface area contributed by atoms with Gasteiger partial charge < -0.3 is 9.84 Å². The zero-order valence-electron chi connectivity index (χ0n) is 11.0. The lowest BCUT2D eigenvalue weighted by Gasteiger charge is -2.04. The highest BCUT2D eigenvalue weighted by molar-refractivity contribution is 9.10. The first-order valence-electron chi connectivity index (χ1n) is 6.30. The lowest BCUT2D eigenvalue weighted by Crippen LogP contribution is -1.95. The fraction of sp³-hybridized carbons (Fsp3) is 0.0667. The van der Waals surface area contributed by atoms with Gasteiger partial charge in [0.25, 0.3) is 0 Å². The molecule has 0 unspecified atom stereocenters. The summed E-state index contributed by atoms with van der Waals surface area (Å²) in [5.41, 5.74) is 1.71. The molecule has 0 aliphatic heterocycles. The normalized spacial score (nSPS) is 10.6. The molecule has 1 aromatic heterocycles. The van der Waals surface area contributed by atoms with Gasteiger partial charge in [-0.15, -0.1) is 5.10 Å². The second kappa shape index (κ2) is 6.07. The molecule has 0 aliphatic carbocycles. The molecule has 0 saturated heterocycles. The van der Waals surface area contributed by atoms with Crippen molar-refractivity contribution in [1.82, 2.24) is 14.8 Å². The van der Waals surface area contributed by atoms with Gasteiger partial charge in [0.15, 0.2) is 0 Å². The first-order chi connectivity index (χ1) is 10.3. The van der Waals surface area contributed by atoms with Crippen molar-refractivity contribution in [3.8, 4) is 17.4 Å². The quantitative estimate of drug-likeness (QED) is 0.787. The molecule has 6 heteroatoms. The van der Waals surface area contributed by atoms with Gasteiger partial charge in [0.1, 0.15) is 12.1 Å². The zero-order valence-corrected chi connectivity index (χ0v) is 12.6. The third kappa shape index (κ3) is 3.12. The minimum atomic E-state index is -0.0260. The first-order valence-corrected chi connectivity index (χ1v) is 7.10. The molecule has 3 rings (SSSR count). The van der Waals surface area contributed by atoms with Crippen LogP contribution in [0.4, 0.5) is 0 Å². The minimum absolute atomic E-state index is 0.0260. The number of ether oxygens (including phenoxy) is 1. The summed E-state index contributed by atoms with van der Waals surface area (Å²) in [5, 5.41) is 13.4. The summed E-state index contributed by atoms with van der Waals surface area (Å²) in [4.78, 5) is 4.13. The van der Waals surface area contributed by atoms with Crippen molar-refractivity contribution >= 4 is 15.9 Å². The van der Waals surface area contributed by atoms with Gasteiger partial charge in [-0.05, 0) is 29.8 Å². The summed E-state index contributed by atoms with van der Waals surface area (Å²) in [7, 11) is 0. The molecule has 0 radical (unpaired) electrons. The molecule has 5 nitrogen and oxygen atoms in total. The fourth-order valence-corrected chi connectivity index (χ4v) is 2.31. The average Bonchev–Trinajstić information content (AvgIpc) is 2.97. The van der Waals surface area contributed by atoms with E-state index in [1.54, 1.807) is 29.2 Å². The summed E-state index contributed by atoms with van der Waals surface area (Å²) in [5.74, 6) is 0.602. The molecule has 0 spiro atoms. The van der Waals surface area contributed by atoms with Crippen LogP contribution in [0.5, 0.6) is 11.8 Å². The van der Waals surface area contributed by atoms with Gasteiger partial charge in [-0.25, -0.2) is 4.68 Å². The monoisotopic (exact) mass is 345 g/mol. The number of aliphatic hydroxyl groups excluding tert-OH is 1. The number of halogens is 1. The van der Waals surface area contributed by atoms with Crippen LogP contribution in [0.3, 0.4) is 0 Å². The van der Waals surface area contributed by atoms with E-state index in [-0.39, 0.29) is 12.6 Å². The second-order valence-electron chi connectivity index (χ2n) is 4.32. The lowest BCUT2D eigenvalue weighted by atomic mass is 10.2. The Morgan fingerprint density at radius 3 is 2.67 bits per heavy atom. The third-order valence-electron chi connectivity index (χ3n) is 2.90. The molecule has 3 aromatic rings. The summed E-state index contributed by atoms with van der Waals surface area (Å²) >= 11 is 3.38. The Labute approximate surface area is 130 Å². The van der Waals surface area contributed by atoms with Crippen molar-refractivity contribution in [2.45, 2.75) is 6.61 Å². The fourth-order valence-electron chi connectivity index (χ4n) is 1.82. The van der Waals surface area contributed by atoms with Gasteiger partial charge in [0.2, 0.25) is 0 Å². The number of aromatic nitrogens is 3.